The number of nitrogens with zero attached hydrogens (tertiary/aromatic N) is 2. The number of hydrogen-bond donors (Lipinski definition) is 1. The Balaban J connectivity index is 1.66. The topological polar surface area (TPSA) is 64.3 Å². The molecule has 3 aromatic rings. The van der Waals surface area contributed by atoms with Crippen LogP contribution in [0.5, 0.6) is 6.01 Å². The van der Waals surface area contributed by atoms with E-state index in [0.29, 0.717) is 12.6 Å². The van der Waals surface area contributed by atoms with Crippen molar-refractivity contribution in [1.82, 2.24) is 9.55 Å². The minimum atomic E-state index is -0.716. The molecular weight excluding hydrogens is 364 g/mol. The highest BCUT2D eigenvalue weighted by Crippen LogP contribution is 2.34. The first-order valence-electron chi connectivity index (χ1n) is 10.2. The lowest BCUT2D eigenvalue weighted by atomic mass is 10.1. The molecule has 0 aliphatic carbocycles. The third-order valence-corrected chi connectivity index (χ3v) is 4.91. The van der Waals surface area contributed by atoms with Crippen molar-refractivity contribution in [3.05, 3.63) is 60.7 Å². The van der Waals surface area contributed by atoms with Crippen molar-refractivity contribution in [2.45, 2.75) is 38.5 Å². The van der Waals surface area contributed by atoms with Crippen LogP contribution in [-0.4, -0.2) is 27.2 Å². The number of aliphatic carboxylic acids is 1. The molecule has 3 rings (SSSR count). The Bertz CT molecular complexity index is 905. The molecule has 152 valence electrons. The molecule has 0 aliphatic heterocycles. The summed E-state index contributed by atoms with van der Waals surface area (Å²) in [5, 5.41) is 8.67. The second-order valence-corrected chi connectivity index (χ2v) is 7.14. The Hall–Kier alpha value is -3.08. The number of ether oxygens (including phenoxy) is 1. The van der Waals surface area contributed by atoms with Crippen LogP contribution in [0, 0.1) is 0 Å². The van der Waals surface area contributed by atoms with Gasteiger partial charge in [0.2, 0.25) is 0 Å². The maximum Gasteiger partial charge on any atom is 0.303 e. The smallest absolute Gasteiger partial charge is 0.303 e. The van der Waals surface area contributed by atoms with Gasteiger partial charge in [0, 0.05) is 24.6 Å². The van der Waals surface area contributed by atoms with Crippen LogP contribution < -0.4 is 4.74 Å². The zero-order valence-electron chi connectivity index (χ0n) is 16.9. The van der Waals surface area contributed by atoms with Gasteiger partial charge >= 0.3 is 5.97 Å². The molecule has 0 amide bonds. The van der Waals surface area contributed by atoms with Gasteiger partial charge in [-0.15, -0.1) is 0 Å². The van der Waals surface area contributed by atoms with Crippen LogP contribution in [0.3, 0.4) is 0 Å². The Labute approximate surface area is 172 Å². The van der Waals surface area contributed by atoms with Crippen molar-refractivity contribution in [2.24, 2.45) is 7.05 Å². The van der Waals surface area contributed by atoms with Crippen molar-refractivity contribution < 1.29 is 14.6 Å². The lowest BCUT2D eigenvalue weighted by molar-refractivity contribution is -0.137. The molecule has 1 aromatic heterocycles. The van der Waals surface area contributed by atoms with Gasteiger partial charge in [-0.2, -0.15) is 4.98 Å². The summed E-state index contributed by atoms with van der Waals surface area (Å²) in [5.74, 6) is -0.716. The minimum absolute atomic E-state index is 0.258. The van der Waals surface area contributed by atoms with Crippen LogP contribution in [0.1, 0.15) is 38.5 Å². The average Bonchev–Trinajstić information content (AvgIpc) is 3.07. The molecular formula is C24H28N2O3. The minimum Gasteiger partial charge on any atom is -0.481 e. The van der Waals surface area contributed by atoms with Gasteiger partial charge in [0.15, 0.2) is 0 Å². The van der Waals surface area contributed by atoms with Crippen molar-refractivity contribution in [3.8, 4) is 28.5 Å². The van der Waals surface area contributed by atoms with Crippen molar-refractivity contribution in [3.63, 3.8) is 0 Å². The van der Waals surface area contributed by atoms with Crippen LogP contribution in [0.4, 0.5) is 0 Å². The van der Waals surface area contributed by atoms with Gasteiger partial charge in [-0.1, -0.05) is 79.9 Å². The summed E-state index contributed by atoms with van der Waals surface area (Å²) in [5.41, 5.74) is 4.13. The van der Waals surface area contributed by atoms with Gasteiger partial charge in [-0.3, -0.25) is 9.36 Å². The third kappa shape index (κ3) is 5.70. The highest BCUT2D eigenvalue weighted by molar-refractivity contribution is 5.79. The first kappa shape index (κ1) is 20.6. The van der Waals surface area contributed by atoms with E-state index in [-0.39, 0.29) is 6.42 Å². The summed E-state index contributed by atoms with van der Waals surface area (Å²) in [6.45, 7) is 0.603. The summed E-state index contributed by atoms with van der Waals surface area (Å²) in [6.07, 6.45) is 4.94. The number of aromatic nitrogens is 2. The molecule has 0 aliphatic rings. The van der Waals surface area contributed by atoms with Crippen LogP contribution in [0.15, 0.2) is 60.7 Å². The Morgan fingerprint density at radius 2 is 1.48 bits per heavy atom. The Kier molecular flexibility index (Phi) is 7.45. The fourth-order valence-electron chi connectivity index (χ4n) is 3.40. The molecule has 5 heteroatoms. The lowest BCUT2D eigenvalue weighted by Crippen LogP contribution is -2.03. The van der Waals surface area contributed by atoms with Crippen LogP contribution in [-0.2, 0) is 11.8 Å². The number of unbranched alkanes of at least 4 members (excludes halogenated alkanes) is 4. The molecule has 29 heavy (non-hydrogen) atoms. The molecule has 1 N–H and O–H groups in total. The maximum atomic E-state index is 10.5. The average molecular weight is 392 g/mol. The van der Waals surface area contributed by atoms with E-state index in [1.807, 2.05) is 48.0 Å². The number of carbonyl (C=O) groups is 1. The van der Waals surface area contributed by atoms with E-state index >= 15 is 0 Å². The third-order valence-electron chi connectivity index (χ3n) is 4.91. The molecule has 0 saturated heterocycles. The fourth-order valence-corrected chi connectivity index (χ4v) is 3.40. The van der Waals surface area contributed by atoms with Gasteiger partial charge in [-0.25, -0.2) is 0 Å². The second-order valence-electron chi connectivity index (χ2n) is 7.14. The number of benzene rings is 2. The molecule has 1 heterocycles. The fraction of sp³-hybridized carbons (Fsp3) is 0.333. The van der Waals surface area contributed by atoms with E-state index in [1.165, 1.54) is 0 Å². The summed E-state index contributed by atoms with van der Waals surface area (Å²) in [4.78, 5) is 15.3. The number of carboxylic acid groups (broad SMARTS) is 1. The molecule has 0 spiro atoms. The largest absolute Gasteiger partial charge is 0.481 e. The van der Waals surface area contributed by atoms with Crippen LogP contribution in [0.2, 0.25) is 0 Å². The van der Waals surface area contributed by atoms with Gasteiger partial charge in [0.05, 0.1) is 12.3 Å². The standard InChI is InChI=1S/C24H28N2O3/c1-26-23(20-15-9-6-10-16-20)22(19-13-7-5-8-14-19)25-24(26)29-18-12-4-2-3-11-17-21(27)28/h5-10,13-16H,2-4,11-12,17-18H2,1H3,(H,27,28). The van der Waals surface area contributed by atoms with E-state index in [9.17, 15) is 4.79 Å². The molecule has 0 fully saturated rings. The highest BCUT2D eigenvalue weighted by Gasteiger charge is 2.18. The summed E-state index contributed by atoms with van der Waals surface area (Å²) < 4.78 is 8.02. The number of hydrogen-bond acceptors (Lipinski definition) is 3. The zero-order valence-corrected chi connectivity index (χ0v) is 16.9. The number of imidazole rings is 1. The predicted octanol–water partition coefficient (Wildman–Crippen LogP) is 5.56. The van der Waals surface area contributed by atoms with Crippen LogP contribution >= 0.6 is 0 Å². The summed E-state index contributed by atoms with van der Waals surface area (Å²) in [6, 6.07) is 21.0. The predicted molar refractivity (Wildman–Crippen MR) is 115 cm³/mol. The van der Waals surface area contributed by atoms with E-state index < -0.39 is 5.97 Å². The first-order chi connectivity index (χ1) is 14.2. The summed E-state index contributed by atoms with van der Waals surface area (Å²) >= 11 is 0. The van der Waals surface area contributed by atoms with Crippen molar-refractivity contribution in [1.29, 1.82) is 0 Å². The van der Waals surface area contributed by atoms with Gasteiger partial charge < -0.3 is 9.84 Å². The van der Waals surface area contributed by atoms with Crippen molar-refractivity contribution >= 4 is 5.97 Å². The quantitative estimate of drug-likeness (QED) is 0.434. The number of carboxylic acids is 1. The Morgan fingerprint density at radius 3 is 2.14 bits per heavy atom. The molecule has 0 unspecified atom stereocenters. The van der Waals surface area contributed by atoms with E-state index in [1.54, 1.807) is 0 Å². The van der Waals surface area contributed by atoms with Crippen LogP contribution in [0.25, 0.3) is 22.5 Å². The molecule has 0 saturated carbocycles. The van der Waals surface area contributed by atoms with Crippen molar-refractivity contribution in [2.75, 3.05) is 6.61 Å². The molecule has 0 atom stereocenters. The Morgan fingerprint density at radius 1 is 0.897 bits per heavy atom. The SMILES string of the molecule is Cn1c(OCCCCCCCC(=O)O)nc(-c2ccccc2)c1-c1ccccc1. The molecule has 0 radical (unpaired) electrons. The molecule has 2 aromatic carbocycles. The van der Waals surface area contributed by atoms with Gasteiger partial charge in [0.25, 0.3) is 6.01 Å². The van der Waals surface area contributed by atoms with Gasteiger partial charge in [-0.05, 0) is 12.8 Å². The zero-order chi connectivity index (χ0) is 20.5. The van der Waals surface area contributed by atoms with E-state index in [2.05, 4.69) is 24.3 Å². The maximum absolute atomic E-state index is 10.5. The summed E-state index contributed by atoms with van der Waals surface area (Å²) in [7, 11) is 1.99. The normalized spacial score (nSPS) is 10.8. The molecule has 5 nitrogen and oxygen atoms in total. The molecule has 0 bridgehead atoms. The van der Waals surface area contributed by atoms with E-state index in [0.717, 1.165) is 54.6 Å². The first-order valence-corrected chi connectivity index (χ1v) is 10.2. The highest BCUT2D eigenvalue weighted by atomic mass is 16.5. The van der Waals surface area contributed by atoms with E-state index in [4.69, 9.17) is 14.8 Å². The second kappa shape index (κ2) is 10.5. The monoisotopic (exact) mass is 392 g/mol. The van der Waals surface area contributed by atoms with Gasteiger partial charge in [0.1, 0.15) is 5.69 Å². The number of rotatable bonds is 11. The lowest BCUT2D eigenvalue weighted by Gasteiger charge is -2.08.